The second kappa shape index (κ2) is 5.14. The lowest BCUT2D eigenvalue weighted by Gasteiger charge is -2.06. The SMILES string of the molecule is Cc1ccc(S(=O)(=O)NCc2cn(C)nc2C)cc1. The Morgan fingerprint density at radius 1 is 1.21 bits per heavy atom. The number of rotatable bonds is 4. The van der Waals surface area contributed by atoms with Gasteiger partial charge in [0.2, 0.25) is 10.0 Å². The zero-order valence-corrected chi connectivity index (χ0v) is 12.0. The first-order valence-corrected chi connectivity index (χ1v) is 7.42. The molecular formula is C13H17N3O2S. The molecule has 0 aliphatic rings. The lowest BCUT2D eigenvalue weighted by molar-refractivity contribution is 0.581. The van der Waals surface area contributed by atoms with Gasteiger partial charge in [-0.05, 0) is 26.0 Å². The van der Waals surface area contributed by atoms with E-state index in [0.717, 1.165) is 16.8 Å². The van der Waals surface area contributed by atoms with Gasteiger partial charge in [0, 0.05) is 25.4 Å². The van der Waals surface area contributed by atoms with E-state index >= 15 is 0 Å². The zero-order valence-electron chi connectivity index (χ0n) is 11.2. The van der Waals surface area contributed by atoms with E-state index in [-0.39, 0.29) is 11.4 Å². The van der Waals surface area contributed by atoms with Gasteiger partial charge in [-0.15, -0.1) is 0 Å². The average molecular weight is 279 g/mol. The van der Waals surface area contributed by atoms with E-state index in [2.05, 4.69) is 9.82 Å². The summed E-state index contributed by atoms with van der Waals surface area (Å²) in [5.41, 5.74) is 2.73. The van der Waals surface area contributed by atoms with Crippen LogP contribution >= 0.6 is 0 Å². The number of aromatic nitrogens is 2. The van der Waals surface area contributed by atoms with Crippen LogP contribution in [0.25, 0.3) is 0 Å². The van der Waals surface area contributed by atoms with Crippen molar-refractivity contribution >= 4 is 10.0 Å². The molecule has 1 heterocycles. The average Bonchev–Trinajstić information content (AvgIpc) is 2.66. The van der Waals surface area contributed by atoms with E-state index in [1.54, 1.807) is 28.9 Å². The smallest absolute Gasteiger partial charge is 0.240 e. The van der Waals surface area contributed by atoms with E-state index in [1.807, 2.05) is 27.1 Å². The summed E-state index contributed by atoms with van der Waals surface area (Å²) in [6, 6.07) is 6.77. The Bertz CT molecular complexity index is 672. The van der Waals surface area contributed by atoms with Crippen molar-refractivity contribution in [2.75, 3.05) is 0 Å². The van der Waals surface area contributed by atoms with Crippen molar-refractivity contribution in [1.29, 1.82) is 0 Å². The van der Waals surface area contributed by atoms with Gasteiger partial charge in [-0.1, -0.05) is 17.7 Å². The quantitative estimate of drug-likeness (QED) is 0.922. The van der Waals surface area contributed by atoms with Gasteiger partial charge in [0.05, 0.1) is 10.6 Å². The monoisotopic (exact) mass is 279 g/mol. The molecule has 0 atom stereocenters. The summed E-state index contributed by atoms with van der Waals surface area (Å²) in [4.78, 5) is 0.277. The van der Waals surface area contributed by atoms with Gasteiger partial charge in [0.15, 0.2) is 0 Å². The van der Waals surface area contributed by atoms with Gasteiger partial charge in [-0.2, -0.15) is 5.10 Å². The van der Waals surface area contributed by atoms with E-state index < -0.39 is 10.0 Å². The molecule has 2 aromatic rings. The molecule has 5 nitrogen and oxygen atoms in total. The topological polar surface area (TPSA) is 64.0 Å². The highest BCUT2D eigenvalue weighted by atomic mass is 32.2. The molecule has 19 heavy (non-hydrogen) atoms. The predicted molar refractivity (Wildman–Crippen MR) is 73.1 cm³/mol. The lowest BCUT2D eigenvalue weighted by atomic mass is 10.2. The van der Waals surface area contributed by atoms with Crippen molar-refractivity contribution in [1.82, 2.24) is 14.5 Å². The molecule has 0 saturated heterocycles. The predicted octanol–water partition coefficient (Wildman–Crippen LogP) is 1.52. The van der Waals surface area contributed by atoms with Gasteiger partial charge in [0.1, 0.15) is 0 Å². The number of nitrogens with zero attached hydrogens (tertiary/aromatic N) is 2. The molecule has 1 aromatic heterocycles. The molecule has 0 bridgehead atoms. The van der Waals surface area contributed by atoms with Crippen LogP contribution in [0.3, 0.4) is 0 Å². The number of hydrogen-bond acceptors (Lipinski definition) is 3. The van der Waals surface area contributed by atoms with Crippen LogP contribution in [0.4, 0.5) is 0 Å². The van der Waals surface area contributed by atoms with E-state index in [1.165, 1.54) is 0 Å². The first-order chi connectivity index (χ1) is 8.88. The van der Waals surface area contributed by atoms with Gasteiger partial charge < -0.3 is 0 Å². The third-order valence-corrected chi connectivity index (χ3v) is 4.32. The maximum atomic E-state index is 12.1. The molecule has 0 fully saturated rings. The fourth-order valence-corrected chi connectivity index (χ4v) is 2.80. The molecule has 6 heteroatoms. The minimum absolute atomic E-state index is 0.246. The minimum atomic E-state index is -3.47. The molecule has 0 saturated carbocycles. The van der Waals surface area contributed by atoms with Crippen LogP contribution in [-0.4, -0.2) is 18.2 Å². The summed E-state index contributed by atoms with van der Waals surface area (Å²) in [5.74, 6) is 0. The molecule has 0 unspecified atom stereocenters. The Morgan fingerprint density at radius 3 is 2.37 bits per heavy atom. The normalized spacial score (nSPS) is 11.7. The first kappa shape index (κ1) is 13.8. The number of benzene rings is 1. The molecule has 0 amide bonds. The maximum Gasteiger partial charge on any atom is 0.240 e. The van der Waals surface area contributed by atoms with Crippen molar-refractivity contribution in [3.05, 3.63) is 47.3 Å². The fourth-order valence-electron chi connectivity index (χ4n) is 1.80. The maximum absolute atomic E-state index is 12.1. The summed E-state index contributed by atoms with van der Waals surface area (Å²) in [7, 11) is -1.66. The molecule has 0 aliphatic heterocycles. The molecule has 102 valence electrons. The van der Waals surface area contributed by atoms with Crippen LogP contribution in [0.1, 0.15) is 16.8 Å². The Hall–Kier alpha value is -1.66. The summed E-state index contributed by atoms with van der Waals surface area (Å²) >= 11 is 0. The van der Waals surface area contributed by atoms with Crippen LogP contribution in [-0.2, 0) is 23.6 Å². The van der Waals surface area contributed by atoms with Gasteiger partial charge in [-0.3, -0.25) is 4.68 Å². The molecule has 0 spiro atoms. The van der Waals surface area contributed by atoms with Crippen molar-refractivity contribution in [2.24, 2.45) is 7.05 Å². The largest absolute Gasteiger partial charge is 0.275 e. The fraction of sp³-hybridized carbons (Fsp3) is 0.308. The second-order valence-electron chi connectivity index (χ2n) is 4.55. The second-order valence-corrected chi connectivity index (χ2v) is 6.32. The van der Waals surface area contributed by atoms with Gasteiger partial charge in [0.25, 0.3) is 0 Å². The van der Waals surface area contributed by atoms with E-state index in [0.29, 0.717) is 0 Å². The van der Waals surface area contributed by atoms with Crippen molar-refractivity contribution in [3.8, 4) is 0 Å². The van der Waals surface area contributed by atoms with Crippen molar-refractivity contribution in [3.63, 3.8) is 0 Å². The van der Waals surface area contributed by atoms with Crippen molar-refractivity contribution in [2.45, 2.75) is 25.3 Å². The summed E-state index contributed by atoms with van der Waals surface area (Å²) in [6.07, 6.45) is 1.81. The summed E-state index contributed by atoms with van der Waals surface area (Å²) in [6.45, 7) is 4.02. The van der Waals surface area contributed by atoms with E-state index in [4.69, 9.17) is 0 Å². The summed E-state index contributed by atoms with van der Waals surface area (Å²) in [5, 5.41) is 4.18. The van der Waals surface area contributed by atoms with Gasteiger partial charge in [-0.25, -0.2) is 13.1 Å². The van der Waals surface area contributed by atoms with Crippen LogP contribution in [0.15, 0.2) is 35.4 Å². The first-order valence-electron chi connectivity index (χ1n) is 5.94. The standard InChI is InChI=1S/C13H17N3O2S/c1-10-4-6-13(7-5-10)19(17,18)14-8-12-9-16(3)15-11(12)2/h4-7,9,14H,8H2,1-3H3. The third-order valence-electron chi connectivity index (χ3n) is 2.90. The molecule has 1 aromatic carbocycles. The Morgan fingerprint density at radius 2 is 1.84 bits per heavy atom. The Labute approximate surface area is 113 Å². The molecule has 0 aliphatic carbocycles. The van der Waals surface area contributed by atoms with Gasteiger partial charge >= 0.3 is 0 Å². The number of nitrogens with one attached hydrogen (secondary N) is 1. The number of hydrogen-bond donors (Lipinski definition) is 1. The molecular weight excluding hydrogens is 262 g/mol. The van der Waals surface area contributed by atoms with E-state index in [9.17, 15) is 8.42 Å². The van der Waals surface area contributed by atoms with Crippen LogP contribution in [0.5, 0.6) is 0 Å². The highest BCUT2D eigenvalue weighted by Crippen LogP contribution is 2.11. The Kier molecular flexibility index (Phi) is 3.73. The highest BCUT2D eigenvalue weighted by molar-refractivity contribution is 7.89. The number of aryl methyl sites for hydroxylation is 3. The van der Waals surface area contributed by atoms with Crippen molar-refractivity contribution < 1.29 is 8.42 Å². The minimum Gasteiger partial charge on any atom is -0.275 e. The van der Waals surface area contributed by atoms with Crippen LogP contribution < -0.4 is 4.72 Å². The Balaban J connectivity index is 2.14. The van der Waals surface area contributed by atoms with Crippen LogP contribution in [0, 0.1) is 13.8 Å². The summed E-state index contributed by atoms with van der Waals surface area (Å²) < 4.78 is 28.4. The molecule has 0 radical (unpaired) electrons. The zero-order chi connectivity index (χ0) is 14.0. The lowest BCUT2D eigenvalue weighted by Crippen LogP contribution is -2.23. The number of sulfonamides is 1. The molecule has 2 rings (SSSR count). The molecule has 1 N–H and O–H groups in total. The highest BCUT2D eigenvalue weighted by Gasteiger charge is 2.14. The third kappa shape index (κ3) is 3.21. The van der Waals surface area contributed by atoms with Crippen LogP contribution in [0.2, 0.25) is 0 Å².